The van der Waals surface area contributed by atoms with E-state index in [2.05, 4.69) is 0 Å². The molecular weight excluding hydrogens is 380 g/mol. The molecule has 1 heterocycles. The van der Waals surface area contributed by atoms with Crippen LogP contribution < -0.4 is 10.9 Å². The van der Waals surface area contributed by atoms with Gasteiger partial charge < -0.3 is 5.32 Å². The number of benzene rings is 1. The number of nitrogens with one attached hydrogen (secondary N) is 1. The Morgan fingerprint density at radius 3 is 2.07 bits per heavy atom. The van der Waals surface area contributed by atoms with Crippen LogP contribution in [0.1, 0.15) is 5.69 Å². The van der Waals surface area contributed by atoms with Crippen molar-refractivity contribution in [3.05, 3.63) is 58.2 Å². The molecule has 0 bridgehead atoms. The number of anilines is 1. The van der Waals surface area contributed by atoms with Gasteiger partial charge in [0.15, 0.2) is 0 Å². The molecule has 1 aromatic carbocycles. The molecule has 2 aromatic rings. The van der Waals surface area contributed by atoms with E-state index in [0.29, 0.717) is 5.69 Å². The topological polar surface area (TPSA) is 56.0 Å². The molecular formula is C16H13F6N3O2. The standard InChI is InChI=1S/C16H13F6N3O2/c1-9-13(14(27)25(24(9)2)10-6-4-3-5-7-10)23-11(15(17,18)19)8-12(26)16(20,21)22/h3-8,23H,1-2H3/b11-8-. The smallest absolute Gasteiger partial charge is 0.345 e. The maximum absolute atomic E-state index is 13.1. The first kappa shape index (κ1) is 20.3. The molecule has 0 atom stereocenters. The molecule has 146 valence electrons. The van der Waals surface area contributed by atoms with Crippen LogP contribution in [0.2, 0.25) is 0 Å². The maximum atomic E-state index is 13.1. The third-order valence-electron chi connectivity index (χ3n) is 3.67. The molecule has 0 unspecified atom stereocenters. The molecule has 0 saturated carbocycles. The van der Waals surface area contributed by atoms with E-state index in [1.807, 2.05) is 0 Å². The lowest BCUT2D eigenvalue weighted by Crippen LogP contribution is -2.28. The van der Waals surface area contributed by atoms with Crippen LogP contribution in [-0.2, 0) is 11.8 Å². The summed E-state index contributed by atoms with van der Waals surface area (Å²) in [6.07, 6.45) is -11.4. The molecule has 2 rings (SSSR count). The van der Waals surface area contributed by atoms with Gasteiger partial charge >= 0.3 is 12.4 Å². The molecule has 1 aromatic heterocycles. The van der Waals surface area contributed by atoms with E-state index in [1.54, 1.807) is 23.5 Å². The van der Waals surface area contributed by atoms with Crippen LogP contribution in [-0.4, -0.2) is 27.5 Å². The van der Waals surface area contributed by atoms with Crippen molar-refractivity contribution < 1.29 is 31.1 Å². The Labute approximate surface area is 148 Å². The zero-order valence-electron chi connectivity index (χ0n) is 13.9. The van der Waals surface area contributed by atoms with Gasteiger partial charge in [-0.25, -0.2) is 4.68 Å². The first-order valence-electron chi connectivity index (χ1n) is 7.35. The lowest BCUT2D eigenvalue weighted by molar-refractivity contribution is -0.165. The fraction of sp³-hybridized carbons (Fsp3) is 0.250. The summed E-state index contributed by atoms with van der Waals surface area (Å²) in [5.41, 5.74) is -3.14. The summed E-state index contributed by atoms with van der Waals surface area (Å²) in [5, 5.41) is 1.65. The number of aromatic nitrogens is 2. The second-order valence-electron chi connectivity index (χ2n) is 5.48. The van der Waals surface area contributed by atoms with Gasteiger partial charge in [0, 0.05) is 13.1 Å². The largest absolute Gasteiger partial charge is 0.454 e. The van der Waals surface area contributed by atoms with Crippen molar-refractivity contribution in [1.29, 1.82) is 0 Å². The minimum atomic E-state index is -5.48. The number of carbonyl (C=O) groups is 1. The number of halogens is 6. The number of para-hydroxylation sites is 1. The molecule has 0 spiro atoms. The lowest BCUT2D eigenvalue weighted by Gasteiger charge is -2.13. The Hall–Kier alpha value is -2.98. The number of hydrogen-bond acceptors (Lipinski definition) is 3. The summed E-state index contributed by atoms with van der Waals surface area (Å²) in [5.74, 6) is -2.70. The Kier molecular flexibility index (Phi) is 5.25. The minimum Gasteiger partial charge on any atom is -0.345 e. The fourth-order valence-corrected chi connectivity index (χ4v) is 2.25. The number of alkyl halides is 6. The number of ketones is 1. The van der Waals surface area contributed by atoms with E-state index in [0.717, 1.165) is 4.68 Å². The van der Waals surface area contributed by atoms with Crippen LogP contribution in [0, 0.1) is 6.92 Å². The summed E-state index contributed by atoms with van der Waals surface area (Å²) in [4.78, 5) is 23.5. The van der Waals surface area contributed by atoms with E-state index in [9.17, 15) is 35.9 Å². The molecule has 0 saturated heterocycles. The van der Waals surface area contributed by atoms with Crippen molar-refractivity contribution in [3.63, 3.8) is 0 Å². The molecule has 0 amide bonds. The van der Waals surface area contributed by atoms with Crippen molar-refractivity contribution in [2.45, 2.75) is 19.3 Å². The number of carbonyl (C=O) groups excluding carboxylic acids is 1. The summed E-state index contributed by atoms with van der Waals surface area (Å²) in [6, 6.07) is 7.91. The third-order valence-corrected chi connectivity index (χ3v) is 3.67. The van der Waals surface area contributed by atoms with Crippen LogP contribution in [0.25, 0.3) is 5.69 Å². The molecule has 27 heavy (non-hydrogen) atoms. The Bertz CT molecular complexity index is 936. The van der Waals surface area contributed by atoms with Crippen LogP contribution in [0.5, 0.6) is 0 Å². The lowest BCUT2D eigenvalue weighted by atomic mass is 10.2. The number of rotatable bonds is 4. The van der Waals surface area contributed by atoms with E-state index < -0.39 is 41.2 Å². The maximum Gasteiger partial charge on any atom is 0.454 e. The summed E-state index contributed by atoms with van der Waals surface area (Å²) in [7, 11) is 1.40. The minimum absolute atomic E-state index is 0.0264. The van der Waals surface area contributed by atoms with Crippen molar-refractivity contribution in [2.75, 3.05) is 5.32 Å². The van der Waals surface area contributed by atoms with Crippen molar-refractivity contribution >= 4 is 11.5 Å². The van der Waals surface area contributed by atoms with Gasteiger partial charge in [0.1, 0.15) is 11.4 Å². The molecule has 5 nitrogen and oxygen atoms in total. The summed E-state index contributed by atoms with van der Waals surface area (Å²) in [6.45, 7) is 1.31. The zero-order valence-corrected chi connectivity index (χ0v) is 13.9. The summed E-state index contributed by atoms with van der Waals surface area (Å²) < 4.78 is 78.5. The number of hydrogen-bond donors (Lipinski definition) is 1. The van der Waals surface area contributed by atoms with Crippen molar-refractivity contribution in [3.8, 4) is 5.69 Å². The van der Waals surface area contributed by atoms with Crippen molar-refractivity contribution in [1.82, 2.24) is 9.36 Å². The predicted octanol–water partition coefficient (Wildman–Crippen LogP) is 3.47. The second kappa shape index (κ2) is 6.97. The van der Waals surface area contributed by atoms with E-state index in [1.165, 1.54) is 30.8 Å². The van der Waals surface area contributed by atoms with Crippen LogP contribution >= 0.6 is 0 Å². The van der Waals surface area contributed by atoms with Gasteiger partial charge in [-0.3, -0.25) is 14.3 Å². The Morgan fingerprint density at radius 1 is 1.04 bits per heavy atom. The Morgan fingerprint density at radius 2 is 1.59 bits per heavy atom. The third kappa shape index (κ3) is 4.23. The average molecular weight is 393 g/mol. The highest BCUT2D eigenvalue weighted by Gasteiger charge is 2.42. The summed E-state index contributed by atoms with van der Waals surface area (Å²) >= 11 is 0. The van der Waals surface area contributed by atoms with Crippen molar-refractivity contribution in [2.24, 2.45) is 7.05 Å². The molecule has 11 heteroatoms. The van der Waals surface area contributed by atoms with Gasteiger partial charge in [0.05, 0.1) is 11.4 Å². The quantitative estimate of drug-likeness (QED) is 0.639. The SMILES string of the molecule is Cc1c(N/C(=C\C(=O)C(F)(F)F)C(F)(F)F)c(=O)n(-c2ccccc2)n1C. The van der Waals surface area contributed by atoms with Gasteiger partial charge in [-0.05, 0) is 19.1 Å². The van der Waals surface area contributed by atoms with E-state index in [4.69, 9.17) is 0 Å². The predicted molar refractivity (Wildman–Crippen MR) is 84.6 cm³/mol. The number of nitrogens with zero attached hydrogens (tertiary/aromatic N) is 2. The molecule has 0 radical (unpaired) electrons. The van der Waals surface area contributed by atoms with Gasteiger partial charge in [-0.1, -0.05) is 18.2 Å². The monoisotopic (exact) mass is 393 g/mol. The number of allylic oxidation sites excluding steroid dienone is 2. The normalized spacial score (nSPS) is 13.0. The molecule has 0 fully saturated rings. The van der Waals surface area contributed by atoms with Gasteiger partial charge in [-0.15, -0.1) is 0 Å². The van der Waals surface area contributed by atoms with Crippen LogP contribution in [0.15, 0.2) is 46.9 Å². The van der Waals surface area contributed by atoms with Gasteiger partial charge in [0.2, 0.25) is 0 Å². The van der Waals surface area contributed by atoms with Crippen LogP contribution in [0.3, 0.4) is 0 Å². The molecule has 0 aliphatic rings. The molecule has 0 aliphatic carbocycles. The highest BCUT2D eigenvalue weighted by molar-refractivity contribution is 5.95. The van der Waals surface area contributed by atoms with Gasteiger partial charge in [-0.2, -0.15) is 26.3 Å². The average Bonchev–Trinajstić information content (AvgIpc) is 2.76. The second-order valence-corrected chi connectivity index (χ2v) is 5.48. The van der Waals surface area contributed by atoms with Crippen LogP contribution in [0.4, 0.5) is 32.0 Å². The van der Waals surface area contributed by atoms with E-state index in [-0.39, 0.29) is 5.69 Å². The first-order valence-corrected chi connectivity index (χ1v) is 7.35. The zero-order chi connectivity index (χ0) is 20.6. The highest BCUT2D eigenvalue weighted by atomic mass is 19.4. The van der Waals surface area contributed by atoms with Gasteiger partial charge in [0.25, 0.3) is 11.3 Å². The Balaban J connectivity index is 2.56. The highest BCUT2D eigenvalue weighted by Crippen LogP contribution is 2.29. The first-order chi connectivity index (χ1) is 12.3. The fourth-order valence-electron chi connectivity index (χ4n) is 2.25. The van der Waals surface area contributed by atoms with E-state index >= 15 is 0 Å². The molecule has 1 N–H and O–H groups in total. The molecule has 0 aliphatic heterocycles.